The first-order chi connectivity index (χ1) is 8.61. The summed E-state index contributed by atoms with van der Waals surface area (Å²) in [5.74, 6) is 1.58. The lowest BCUT2D eigenvalue weighted by Crippen LogP contribution is -2.02. The number of rotatable bonds is 4. The molecule has 1 aromatic heterocycles. The molecule has 5 heteroatoms. The van der Waals surface area contributed by atoms with Gasteiger partial charge in [-0.2, -0.15) is 0 Å². The monoisotopic (exact) mass is 266 g/mol. The lowest BCUT2D eigenvalue weighted by molar-refractivity contribution is 0.392. The van der Waals surface area contributed by atoms with Crippen LogP contribution in [0.25, 0.3) is 0 Å². The van der Waals surface area contributed by atoms with Gasteiger partial charge in [0.1, 0.15) is 11.5 Å². The number of methoxy groups -OCH3 is 1. The Bertz CT molecular complexity index is 532. The topological polar surface area (TPSA) is 47.3 Å². The first-order valence-corrected chi connectivity index (χ1v) is 5.98. The van der Waals surface area contributed by atoms with Crippen molar-refractivity contribution in [1.29, 1.82) is 0 Å². The Hall–Kier alpha value is -1.68. The summed E-state index contributed by atoms with van der Waals surface area (Å²) in [5.41, 5.74) is 2.77. The van der Waals surface area contributed by atoms with Crippen LogP contribution in [0.2, 0.25) is 5.02 Å². The number of hydrogen-bond acceptors (Lipinski definition) is 4. The van der Waals surface area contributed by atoms with Crippen molar-refractivity contribution >= 4 is 17.3 Å². The van der Waals surface area contributed by atoms with Gasteiger partial charge in [-0.3, -0.25) is 0 Å². The molecule has 1 heterocycles. The molecule has 0 saturated heterocycles. The number of benzene rings is 1. The smallest absolute Gasteiger partial charge is 0.138 e. The SMILES string of the molecule is COc1ccc(Cl)c(NCc2c(C)noc2C)c1. The zero-order valence-corrected chi connectivity index (χ0v) is 11.3. The van der Waals surface area contributed by atoms with Crippen molar-refractivity contribution in [2.45, 2.75) is 20.4 Å². The number of aromatic nitrogens is 1. The maximum absolute atomic E-state index is 6.12. The first kappa shape index (κ1) is 12.8. The predicted molar refractivity (Wildman–Crippen MR) is 71.3 cm³/mol. The molecule has 2 aromatic rings. The number of hydrogen-bond donors (Lipinski definition) is 1. The molecule has 1 N–H and O–H groups in total. The second-order valence-corrected chi connectivity index (χ2v) is 4.41. The summed E-state index contributed by atoms with van der Waals surface area (Å²) < 4.78 is 10.3. The highest BCUT2D eigenvalue weighted by molar-refractivity contribution is 6.33. The van der Waals surface area contributed by atoms with Gasteiger partial charge in [0, 0.05) is 18.2 Å². The van der Waals surface area contributed by atoms with Crippen LogP contribution in [-0.2, 0) is 6.54 Å². The van der Waals surface area contributed by atoms with Gasteiger partial charge in [0.25, 0.3) is 0 Å². The van der Waals surface area contributed by atoms with Gasteiger partial charge in [-0.25, -0.2) is 0 Å². The summed E-state index contributed by atoms with van der Waals surface area (Å²) in [7, 11) is 1.63. The van der Waals surface area contributed by atoms with Crippen molar-refractivity contribution in [3.05, 3.63) is 40.2 Å². The molecule has 0 bridgehead atoms. The van der Waals surface area contributed by atoms with Crippen LogP contribution in [0.5, 0.6) is 5.75 Å². The molecule has 0 radical (unpaired) electrons. The largest absolute Gasteiger partial charge is 0.497 e. The Morgan fingerprint density at radius 2 is 2.17 bits per heavy atom. The molecule has 0 aliphatic heterocycles. The summed E-state index contributed by atoms with van der Waals surface area (Å²) >= 11 is 6.12. The standard InChI is InChI=1S/C13H15ClN2O2/c1-8-11(9(2)18-16-8)7-15-13-6-10(17-3)4-5-12(13)14/h4-6,15H,7H2,1-3H3. The van der Waals surface area contributed by atoms with Crippen molar-refractivity contribution in [1.82, 2.24) is 5.16 Å². The van der Waals surface area contributed by atoms with Gasteiger partial charge >= 0.3 is 0 Å². The summed E-state index contributed by atoms with van der Waals surface area (Å²) in [5, 5.41) is 7.83. The lowest BCUT2D eigenvalue weighted by atomic mass is 10.2. The minimum absolute atomic E-state index is 0.619. The van der Waals surface area contributed by atoms with Crippen molar-refractivity contribution < 1.29 is 9.26 Å². The molecule has 0 atom stereocenters. The molecule has 4 nitrogen and oxygen atoms in total. The summed E-state index contributed by atoms with van der Waals surface area (Å²) in [6.45, 7) is 4.43. The molecule has 0 saturated carbocycles. The fraction of sp³-hybridized carbons (Fsp3) is 0.308. The molecule has 0 aliphatic rings. The Kier molecular flexibility index (Phi) is 3.77. The third-order valence-corrected chi connectivity index (χ3v) is 3.14. The van der Waals surface area contributed by atoms with E-state index in [0.29, 0.717) is 11.6 Å². The minimum Gasteiger partial charge on any atom is -0.497 e. The van der Waals surface area contributed by atoms with Crippen LogP contribution in [0.15, 0.2) is 22.7 Å². The summed E-state index contributed by atoms with van der Waals surface area (Å²) in [4.78, 5) is 0. The molecular formula is C13H15ClN2O2. The Labute approximate surface area is 111 Å². The maximum Gasteiger partial charge on any atom is 0.138 e. The molecule has 0 spiro atoms. The fourth-order valence-corrected chi connectivity index (χ4v) is 1.89. The molecule has 18 heavy (non-hydrogen) atoms. The molecule has 96 valence electrons. The summed E-state index contributed by atoms with van der Waals surface area (Å²) in [6.07, 6.45) is 0. The van der Waals surface area contributed by atoms with E-state index in [1.165, 1.54) is 0 Å². The Balaban J connectivity index is 2.15. The average molecular weight is 267 g/mol. The van der Waals surface area contributed by atoms with Gasteiger partial charge in [0.05, 0.1) is 23.5 Å². The quantitative estimate of drug-likeness (QED) is 0.919. The van der Waals surface area contributed by atoms with Crippen LogP contribution in [0.4, 0.5) is 5.69 Å². The molecule has 0 amide bonds. The van der Waals surface area contributed by atoms with Crippen molar-refractivity contribution in [2.24, 2.45) is 0 Å². The number of ether oxygens (including phenoxy) is 1. The van der Waals surface area contributed by atoms with E-state index in [1.54, 1.807) is 13.2 Å². The van der Waals surface area contributed by atoms with E-state index < -0.39 is 0 Å². The van der Waals surface area contributed by atoms with Crippen molar-refractivity contribution in [2.75, 3.05) is 12.4 Å². The highest BCUT2D eigenvalue weighted by atomic mass is 35.5. The molecule has 1 aromatic carbocycles. The first-order valence-electron chi connectivity index (χ1n) is 5.61. The van der Waals surface area contributed by atoms with Gasteiger partial charge < -0.3 is 14.6 Å². The van der Waals surface area contributed by atoms with Gasteiger partial charge in [-0.05, 0) is 26.0 Å². The predicted octanol–water partition coefficient (Wildman–Crippen LogP) is 3.57. The van der Waals surface area contributed by atoms with Gasteiger partial charge in [0.2, 0.25) is 0 Å². The number of anilines is 1. The van der Waals surface area contributed by atoms with Gasteiger partial charge in [-0.15, -0.1) is 0 Å². The Morgan fingerprint density at radius 1 is 1.39 bits per heavy atom. The van der Waals surface area contributed by atoms with E-state index >= 15 is 0 Å². The average Bonchev–Trinajstić information content (AvgIpc) is 2.68. The third kappa shape index (κ3) is 2.59. The molecular weight excluding hydrogens is 252 g/mol. The highest BCUT2D eigenvalue weighted by Gasteiger charge is 2.09. The molecule has 0 fully saturated rings. The van der Waals surface area contributed by atoms with E-state index in [-0.39, 0.29) is 0 Å². The molecule has 0 unspecified atom stereocenters. The number of aryl methyl sites for hydroxylation is 2. The zero-order valence-electron chi connectivity index (χ0n) is 10.6. The number of halogens is 1. The molecule has 0 aliphatic carbocycles. The fourth-order valence-electron chi connectivity index (χ4n) is 1.70. The van der Waals surface area contributed by atoms with Crippen molar-refractivity contribution in [3.8, 4) is 5.75 Å². The van der Waals surface area contributed by atoms with E-state index in [9.17, 15) is 0 Å². The van der Waals surface area contributed by atoms with Crippen LogP contribution >= 0.6 is 11.6 Å². The number of nitrogens with one attached hydrogen (secondary N) is 1. The van der Waals surface area contributed by atoms with E-state index in [4.69, 9.17) is 20.9 Å². The van der Waals surface area contributed by atoms with Gasteiger partial charge in [-0.1, -0.05) is 16.8 Å². The Morgan fingerprint density at radius 3 is 2.78 bits per heavy atom. The zero-order chi connectivity index (χ0) is 13.1. The van der Waals surface area contributed by atoms with Crippen LogP contribution in [-0.4, -0.2) is 12.3 Å². The maximum atomic E-state index is 6.12. The van der Waals surface area contributed by atoms with Crippen LogP contribution < -0.4 is 10.1 Å². The number of nitrogens with zero attached hydrogens (tertiary/aromatic N) is 1. The normalized spacial score (nSPS) is 10.4. The van der Waals surface area contributed by atoms with Crippen LogP contribution in [0.1, 0.15) is 17.0 Å². The second-order valence-electron chi connectivity index (χ2n) is 4.00. The second kappa shape index (κ2) is 5.31. The van der Waals surface area contributed by atoms with E-state index in [0.717, 1.165) is 28.5 Å². The third-order valence-electron chi connectivity index (χ3n) is 2.81. The van der Waals surface area contributed by atoms with Crippen molar-refractivity contribution in [3.63, 3.8) is 0 Å². The minimum atomic E-state index is 0.619. The summed E-state index contributed by atoms with van der Waals surface area (Å²) in [6, 6.07) is 5.49. The van der Waals surface area contributed by atoms with E-state index in [1.807, 2.05) is 26.0 Å². The molecule has 2 rings (SSSR count). The lowest BCUT2D eigenvalue weighted by Gasteiger charge is -2.09. The van der Waals surface area contributed by atoms with Crippen LogP contribution in [0, 0.1) is 13.8 Å². The van der Waals surface area contributed by atoms with Gasteiger partial charge in [0.15, 0.2) is 0 Å². The highest BCUT2D eigenvalue weighted by Crippen LogP contribution is 2.27. The van der Waals surface area contributed by atoms with E-state index in [2.05, 4.69) is 10.5 Å². The van der Waals surface area contributed by atoms with Crippen LogP contribution in [0.3, 0.4) is 0 Å².